The van der Waals surface area contributed by atoms with Crippen molar-refractivity contribution in [3.8, 4) is 12.1 Å². The van der Waals surface area contributed by atoms with Crippen LogP contribution in [0.5, 0.6) is 0 Å². The number of benzene rings is 3. The molecule has 0 saturated carbocycles. The molecule has 4 nitrogen and oxygen atoms in total. The Labute approximate surface area is 138 Å². The lowest BCUT2D eigenvalue weighted by Gasteiger charge is -2.09. The maximum atomic E-state index is 9.43. The van der Waals surface area contributed by atoms with E-state index in [0.29, 0.717) is 11.8 Å². The van der Waals surface area contributed by atoms with E-state index in [1.807, 2.05) is 66.9 Å². The first-order valence-corrected chi connectivity index (χ1v) is 7.60. The summed E-state index contributed by atoms with van der Waals surface area (Å²) >= 11 is 0. The van der Waals surface area contributed by atoms with Crippen LogP contribution in [-0.2, 0) is 0 Å². The Morgan fingerprint density at radius 2 is 1.42 bits per heavy atom. The Morgan fingerprint density at radius 3 is 1.88 bits per heavy atom. The van der Waals surface area contributed by atoms with E-state index in [0.717, 1.165) is 32.6 Å². The minimum Gasteiger partial charge on any atom is -0.365 e. The summed E-state index contributed by atoms with van der Waals surface area (Å²) in [5, 5.41) is 27.6. The van der Waals surface area contributed by atoms with Crippen molar-refractivity contribution in [3.05, 3.63) is 59.0 Å². The third-order valence-electron chi connectivity index (χ3n) is 4.22. The first kappa shape index (κ1) is 14.0. The summed E-state index contributed by atoms with van der Waals surface area (Å²) in [4.78, 5) is 4.46. The molecule has 1 heterocycles. The molecule has 0 unspecified atom stereocenters. The minimum atomic E-state index is 0.127. The minimum absolute atomic E-state index is 0.127. The van der Waals surface area contributed by atoms with Crippen molar-refractivity contribution < 1.29 is 0 Å². The van der Waals surface area contributed by atoms with E-state index < -0.39 is 0 Å². The first-order valence-electron chi connectivity index (χ1n) is 7.60. The summed E-state index contributed by atoms with van der Waals surface area (Å²) in [5.74, 6) is 0.824. The zero-order valence-electron chi connectivity index (χ0n) is 12.7. The summed E-state index contributed by atoms with van der Waals surface area (Å²) < 4.78 is 0. The topological polar surface area (TPSA) is 72.0 Å². The van der Waals surface area contributed by atoms with Gasteiger partial charge in [-0.15, -0.1) is 0 Å². The molecular formula is C20H12N4. The van der Waals surface area contributed by atoms with E-state index in [-0.39, 0.29) is 5.57 Å². The molecule has 0 aromatic heterocycles. The molecule has 0 fully saturated rings. The fraction of sp³-hybridized carbons (Fsp3) is 0.0500. The number of nitriles is 2. The molecule has 112 valence electrons. The largest absolute Gasteiger partial charge is 0.365 e. The number of hydrogen-bond donors (Lipinski definition) is 1. The van der Waals surface area contributed by atoms with Gasteiger partial charge in [0.2, 0.25) is 0 Å². The fourth-order valence-corrected chi connectivity index (χ4v) is 3.27. The van der Waals surface area contributed by atoms with Crippen LogP contribution in [0.15, 0.2) is 53.5 Å². The average molecular weight is 308 g/mol. The average Bonchev–Trinajstić information content (AvgIpc) is 3.16. The van der Waals surface area contributed by atoms with Gasteiger partial charge in [0.15, 0.2) is 0 Å². The van der Waals surface area contributed by atoms with E-state index in [1.54, 1.807) is 0 Å². The Morgan fingerprint density at radius 1 is 0.875 bits per heavy atom. The number of hydrogen-bond acceptors (Lipinski definition) is 4. The van der Waals surface area contributed by atoms with Crippen LogP contribution in [0.1, 0.15) is 0 Å². The summed E-state index contributed by atoms with van der Waals surface area (Å²) in [7, 11) is 0. The lowest BCUT2D eigenvalue weighted by molar-refractivity contribution is 1.07. The van der Waals surface area contributed by atoms with Gasteiger partial charge in [0.05, 0.1) is 6.54 Å². The van der Waals surface area contributed by atoms with Crippen LogP contribution < -0.4 is 15.8 Å². The number of aliphatic imine (C=N–C) groups is 1. The second kappa shape index (κ2) is 5.53. The van der Waals surface area contributed by atoms with Crippen molar-refractivity contribution in [2.75, 3.05) is 6.54 Å². The lowest BCUT2D eigenvalue weighted by atomic mass is 9.95. The molecule has 1 aliphatic heterocycles. The maximum absolute atomic E-state index is 9.43. The second-order valence-corrected chi connectivity index (χ2v) is 5.48. The SMILES string of the molecule is N#CC(C#N)=c1c2ccccc2c(=C2N=CCN2)c2ccccc12. The highest BCUT2D eigenvalue weighted by atomic mass is 15.1. The normalized spacial score (nSPS) is 12.8. The molecule has 3 aromatic carbocycles. The standard InChI is InChI=1S/C20H12N4/c21-11-13(12-22)18-14-5-1-3-7-16(14)19(20-23-9-10-24-20)17-8-4-2-6-15(17)18/h1-9,24H,10H2. The Balaban J connectivity index is 2.47. The third kappa shape index (κ3) is 1.95. The Hall–Kier alpha value is -3.63. The zero-order valence-corrected chi connectivity index (χ0v) is 12.7. The van der Waals surface area contributed by atoms with Gasteiger partial charge in [-0.25, -0.2) is 4.99 Å². The van der Waals surface area contributed by atoms with Crippen LogP contribution in [0, 0.1) is 22.7 Å². The maximum Gasteiger partial charge on any atom is 0.138 e. The van der Waals surface area contributed by atoms with Gasteiger partial charge < -0.3 is 5.32 Å². The van der Waals surface area contributed by atoms with Crippen LogP contribution in [0.25, 0.3) is 32.9 Å². The number of nitrogens with zero attached hydrogens (tertiary/aromatic N) is 3. The van der Waals surface area contributed by atoms with Crippen LogP contribution in [0.4, 0.5) is 0 Å². The van der Waals surface area contributed by atoms with E-state index in [9.17, 15) is 10.5 Å². The lowest BCUT2D eigenvalue weighted by Crippen LogP contribution is -2.22. The van der Waals surface area contributed by atoms with Gasteiger partial charge in [0.1, 0.15) is 23.5 Å². The quantitative estimate of drug-likeness (QED) is 0.645. The molecule has 0 radical (unpaired) electrons. The molecular weight excluding hydrogens is 296 g/mol. The van der Waals surface area contributed by atoms with E-state index in [2.05, 4.69) is 10.3 Å². The Bertz CT molecular complexity index is 1140. The van der Waals surface area contributed by atoms with E-state index in [4.69, 9.17) is 0 Å². The molecule has 0 atom stereocenters. The van der Waals surface area contributed by atoms with Gasteiger partial charge in [-0.3, -0.25) is 0 Å². The molecule has 0 aliphatic carbocycles. The summed E-state index contributed by atoms with van der Waals surface area (Å²) in [6.45, 7) is 0.702. The molecule has 1 N–H and O–H groups in total. The molecule has 0 spiro atoms. The van der Waals surface area contributed by atoms with Crippen LogP contribution in [0.2, 0.25) is 0 Å². The van der Waals surface area contributed by atoms with Crippen molar-refractivity contribution in [2.45, 2.75) is 0 Å². The van der Waals surface area contributed by atoms with Crippen LogP contribution >= 0.6 is 0 Å². The van der Waals surface area contributed by atoms with Crippen molar-refractivity contribution in [1.29, 1.82) is 10.5 Å². The van der Waals surface area contributed by atoms with E-state index in [1.165, 1.54) is 0 Å². The molecule has 4 rings (SSSR count). The van der Waals surface area contributed by atoms with Crippen LogP contribution in [0.3, 0.4) is 0 Å². The fourth-order valence-electron chi connectivity index (χ4n) is 3.27. The van der Waals surface area contributed by atoms with Gasteiger partial charge in [-0.1, -0.05) is 48.5 Å². The smallest absolute Gasteiger partial charge is 0.138 e. The predicted molar refractivity (Wildman–Crippen MR) is 95.2 cm³/mol. The zero-order chi connectivity index (χ0) is 16.5. The van der Waals surface area contributed by atoms with Crippen LogP contribution in [-0.4, -0.2) is 12.8 Å². The van der Waals surface area contributed by atoms with Gasteiger partial charge in [-0.2, -0.15) is 10.5 Å². The van der Waals surface area contributed by atoms with Gasteiger partial charge >= 0.3 is 0 Å². The van der Waals surface area contributed by atoms with Gasteiger partial charge in [-0.05, 0) is 21.5 Å². The van der Waals surface area contributed by atoms with Crippen molar-refractivity contribution >= 4 is 39.2 Å². The monoisotopic (exact) mass is 308 g/mol. The molecule has 1 aliphatic rings. The van der Waals surface area contributed by atoms with Crippen molar-refractivity contribution in [3.63, 3.8) is 0 Å². The second-order valence-electron chi connectivity index (χ2n) is 5.48. The molecule has 0 saturated heterocycles. The van der Waals surface area contributed by atoms with E-state index >= 15 is 0 Å². The summed E-state index contributed by atoms with van der Waals surface area (Å²) in [6, 6.07) is 19.8. The van der Waals surface area contributed by atoms with Gasteiger partial charge in [0, 0.05) is 16.7 Å². The highest BCUT2D eigenvalue weighted by molar-refractivity contribution is 6.04. The van der Waals surface area contributed by atoms with Crippen molar-refractivity contribution in [1.82, 2.24) is 5.32 Å². The third-order valence-corrected chi connectivity index (χ3v) is 4.22. The summed E-state index contributed by atoms with van der Waals surface area (Å²) in [5.41, 5.74) is 0.127. The number of fused-ring (bicyclic) bond motifs is 2. The first-order chi connectivity index (χ1) is 11.8. The molecule has 0 amide bonds. The number of rotatable bonds is 0. The molecule has 4 heteroatoms. The number of nitrogens with one attached hydrogen (secondary N) is 1. The predicted octanol–water partition coefficient (Wildman–Crippen LogP) is 1.93. The van der Waals surface area contributed by atoms with Crippen molar-refractivity contribution in [2.24, 2.45) is 4.99 Å². The molecule has 24 heavy (non-hydrogen) atoms. The summed E-state index contributed by atoms with van der Waals surface area (Å²) in [6.07, 6.45) is 1.84. The highest BCUT2D eigenvalue weighted by Gasteiger charge is 2.12. The van der Waals surface area contributed by atoms with Gasteiger partial charge in [0.25, 0.3) is 0 Å². The molecule has 3 aromatic rings. The Kier molecular flexibility index (Phi) is 3.23. The molecule has 0 bridgehead atoms. The highest BCUT2D eigenvalue weighted by Crippen LogP contribution is 2.16.